The Kier molecular flexibility index (Phi) is 4.03. The maximum atomic E-state index is 12.3. The molecule has 1 aliphatic carbocycles. The van der Waals surface area contributed by atoms with E-state index < -0.39 is 16.6 Å². The SMILES string of the molecule is O=C(Cn1c(=O)oc2cc([N+](=O)[O-])ccc21)Nc1nc2c(s1)CCCC2. The summed E-state index contributed by atoms with van der Waals surface area (Å²) >= 11 is 1.46. The summed E-state index contributed by atoms with van der Waals surface area (Å²) in [6.07, 6.45) is 4.14. The van der Waals surface area contributed by atoms with Crippen LogP contribution in [0.5, 0.6) is 0 Å². The molecule has 10 heteroatoms. The Bertz CT molecular complexity index is 1060. The zero-order valence-corrected chi connectivity index (χ0v) is 14.4. The Morgan fingerprint density at radius 1 is 1.38 bits per heavy atom. The Balaban J connectivity index is 1.55. The Hall–Kier alpha value is -3.01. The summed E-state index contributed by atoms with van der Waals surface area (Å²) in [5, 5.41) is 14.1. The number of nitro groups is 1. The summed E-state index contributed by atoms with van der Waals surface area (Å²) in [4.78, 5) is 40.2. The third-order valence-corrected chi connectivity index (χ3v) is 5.33. The second-order valence-corrected chi connectivity index (χ2v) is 7.09. The number of anilines is 1. The number of rotatable bonds is 4. The first-order valence-electron chi connectivity index (χ1n) is 8.07. The van der Waals surface area contributed by atoms with Gasteiger partial charge >= 0.3 is 5.76 Å². The lowest BCUT2D eigenvalue weighted by atomic mass is 10.0. The van der Waals surface area contributed by atoms with E-state index in [2.05, 4.69) is 10.3 Å². The van der Waals surface area contributed by atoms with Crippen LogP contribution < -0.4 is 11.1 Å². The number of thiazole rings is 1. The minimum Gasteiger partial charge on any atom is -0.407 e. The van der Waals surface area contributed by atoms with Crippen molar-refractivity contribution >= 4 is 39.2 Å². The van der Waals surface area contributed by atoms with Crippen molar-refractivity contribution in [2.45, 2.75) is 32.2 Å². The molecule has 0 unspecified atom stereocenters. The third-order valence-electron chi connectivity index (χ3n) is 4.26. The number of carbonyl (C=O) groups is 1. The Labute approximate surface area is 150 Å². The van der Waals surface area contributed by atoms with E-state index >= 15 is 0 Å². The topological polar surface area (TPSA) is 120 Å². The average Bonchev–Trinajstić information content (AvgIpc) is 3.14. The molecule has 4 rings (SSSR count). The van der Waals surface area contributed by atoms with E-state index in [1.165, 1.54) is 34.4 Å². The quantitative estimate of drug-likeness (QED) is 0.553. The van der Waals surface area contributed by atoms with Crippen LogP contribution in [0.15, 0.2) is 27.4 Å². The lowest BCUT2D eigenvalue weighted by Crippen LogP contribution is -2.24. The summed E-state index contributed by atoms with van der Waals surface area (Å²) in [6, 6.07) is 3.83. The number of nitro benzene ring substituents is 1. The molecule has 0 aliphatic heterocycles. The average molecular weight is 374 g/mol. The van der Waals surface area contributed by atoms with Gasteiger partial charge in [0.15, 0.2) is 10.7 Å². The van der Waals surface area contributed by atoms with E-state index in [0.29, 0.717) is 10.6 Å². The highest BCUT2D eigenvalue weighted by Gasteiger charge is 2.19. The van der Waals surface area contributed by atoms with Crippen LogP contribution in [0.3, 0.4) is 0 Å². The van der Waals surface area contributed by atoms with Gasteiger partial charge in [0.25, 0.3) is 5.69 Å². The molecular formula is C16H14N4O5S. The van der Waals surface area contributed by atoms with Crippen LogP contribution in [0.1, 0.15) is 23.4 Å². The fraction of sp³-hybridized carbons (Fsp3) is 0.312. The number of aryl methyl sites for hydroxylation is 2. The van der Waals surface area contributed by atoms with Gasteiger partial charge in [-0.15, -0.1) is 11.3 Å². The molecule has 1 aromatic carbocycles. The molecule has 134 valence electrons. The normalized spacial score (nSPS) is 13.5. The zero-order valence-electron chi connectivity index (χ0n) is 13.6. The molecule has 0 fully saturated rings. The number of fused-ring (bicyclic) bond motifs is 2. The number of nitrogens with one attached hydrogen (secondary N) is 1. The van der Waals surface area contributed by atoms with Crippen molar-refractivity contribution in [3.05, 3.63) is 49.4 Å². The van der Waals surface area contributed by atoms with Gasteiger partial charge in [-0.25, -0.2) is 9.78 Å². The molecule has 26 heavy (non-hydrogen) atoms. The second-order valence-electron chi connectivity index (χ2n) is 6.01. The molecule has 1 amide bonds. The molecule has 0 bridgehead atoms. The molecule has 0 saturated heterocycles. The number of benzene rings is 1. The van der Waals surface area contributed by atoms with Crippen LogP contribution in [0.4, 0.5) is 10.8 Å². The minimum absolute atomic E-state index is 0.0710. The number of non-ortho nitro benzene ring substituents is 1. The van der Waals surface area contributed by atoms with Gasteiger partial charge in [-0.05, 0) is 31.7 Å². The van der Waals surface area contributed by atoms with E-state index in [-0.39, 0.29) is 17.8 Å². The molecular weight excluding hydrogens is 360 g/mol. The maximum Gasteiger partial charge on any atom is 0.420 e. The number of amides is 1. The first kappa shape index (κ1) is 16.5. The highest BCUT2D eigenvalue weighted by molar-refractivity contribution is 7.15. The van der Waals surface area contributed by atoms with E-state index in [1.807, 2.05) is 0 Å². The molecule has 1 aliphatic rings. The van der Waals surface area contributed by atoms with Crippen LogP contribution in [0.2, 0.25) is 0 Å². The predicted octanol–water partition coefficient (Wildman–Crippen LogP) is 2.48. The number of oxazole rings is 1. The number of aromatic nitrogens is 2. The highest BCUT2D eigenvalue weighted by Crippen LogP contribution is 2.29. The van der Waals surface area contributed by atoms with Crippen LogP contribution in [0.25, 0.3) is 11.1 Å². The van der Waals surface area contributed by atoms with Crippen LogP contribution in [0, 0.1) is 10.1 Å². The second kappa shape index (κ2) is 6.37. The molecule has 3 aromatic rings. The van der Waals surface area contributed by atoms with Crippen molar-refractivity contribution in [2.75, 3.05) is 5.32 Å². The monoisotopic (exact) mass is 374 g/mol. The van der Waals surface area contributed by atoms with Crippen LogP contribution in [-0.2, 0) is 24.2 Å². The summed E-state index contributed by atoms with van der Waals surface area (Å²) in [5.41, 5.74) is 1.25. The highest BCUT2D eigenvalue weighted by atomic mass is 32.1. The number of nitrogens with zero attached hydrogens (tertiary/aromatic N) is 3. The number of carbonyl (C=O) groups excluding carboxylic acids is 1. The number of hydrogen-bond donors (Lipinski definition) is 1. The largest absolute Gasteiger partial charge is 0.420 e. The molecule has 2 heterocycles. The van der Waals surface area contributed by atoms with Gasteiger partial charge in [0.2, 0.25) is 5.91 Å². The Morgan fingerprint density at radius 2 is 2.19 bits per heavy atom. The molecule has 0 radical (unpaired) electrons. The van der Waals surface area contributed by atoms with Crippen molar-refractivity contribution in [3.8, 4) is 0 Å². The van der Waals surface area contributed by atoms with Gasteiger partial charge in [0, 0.05) is 10.9 Å². The van der Waals surface area contributed by atoms with E-state index in [9.17, 15) is 19.7 Å². The zero-order chi connectivity index (χ0) is 18.3. The van der Waals surface area contributed by atoms with E-state index in [1.54, 1.807) is 0 Å². The van der Waals surface area contributed by atoms with Gasteiger partial charge in [0.1, 0.15) is 6.54 Å². The lowest BCUT2D eigenvalue weighted by molar-refractivity contribution is -0.384. The fourth-order valence-electron chi connectivity index (χ4n) is 3.03. The summed E-state index contributed by atoms with van der Waals surface area (Å²) in [7, 11) is 0. The molecule has 1 N–H and O–H groups in total. The fourth-order valence-corrected chi connectivity index (χ4v) is 4.09. The van der Waals surface area contributed by atoms with Crippen molar-refractivity contribution in [2.24, 2.45) is 0 Å². The lowest BCUT2D eigenvalue weighted by Gasteiger charge is -2.06. The van der Waals surface area contributed by atoms with Crippen molar-refractivity contribution in [1.82, 2.24) is 9.55 Å². The molecule has 0 saturated carbocycles. The molecule has 0 atom stereocenters. The van der Waals surface area contributed by atoms with Gasteiger partial charge < -0.3 is 9.73 Å². The first-order valence-corrected chi connectivity index (χ1v) is 8.89. The van der Waals surface area contributed by atoms with E-state index in [0.717, 1.165) is 35.9 Å². The van der Waals surface area contributed by atoms with Crippen molar-refractivity contribution in [1.29, 1.82) is 0 Å². The maximum absolute atomic E-state index is 12.3. The molecule has 0 spiro atoms. The smallest absolute Gasteiger partial charge is 0.407 e. The summed E-state index contributed by atoms with van der Waals surface area (Å²) in [6.45, 7) is -0.256. The first-order chi connectivity index (χ1) is 12.5. The predicted molar refractivity (Wildman–Crippen MR) is 94.5 cm³/mol. The number of hydrogen-bond acceptors (Lipinski definition) is 7. The van der Waals surface area contributed by atoms with Crippen LogP contribution in [-0.4, -0.2) is 20.4 Å². The third kappa shape index (κ3) is 2.99. The van der Waals surface area contributed by atoms with E-state index in [4.69, 9.17) is 4.42 Å². The van der Waals surface area contributed by atoms with Gasteiger partial charge in [-0.2, -0.15) is 0 Å². The summed E-state index contributed by atoms with van der Waals surface area (Å²) < 4.78 is 6.16. The van der Waals surface area contributed by atoms with Crippen LogP contribution >= 0.6 is 11.3 Å². The molecule has 2 aromatic heterocycles. The minimum atomic E-state index is -0.742. The standard InChI is InChI=1S/C16H14N4O5S/c21-14(18-15-17-10-3-1-2-4-13(10)26-15)8-19-11-6-5-9(20(23)24)7-12(11)25-16(19)22/h5-7H,1-4,8H2,(H,17,18,21). The van der Waals surface area contributed by atoms with Crippen molar-refractivity contribution in [3.63, 3.8) is 0 Å². The van der Waals surface area contributed by atoms with Gasteiger partial charge in [0.05, 0.1) is 22.2 Å². The molecule has 9 nitrogen and oxygen atoms in total. The summed E-state index contributed by atoms with van der Waals surface area (Å²) in [5.74, 6) is -1.15. The van der Waals surface area contributed by atoms with Gasteiger partial charge in [-0.1, -0.05) is 0 Å². The van der Waals surface area contributed by atoms with Gasteiger partial charge in [-0.3, -0.25) is 19.5 Å². The Morgan fingerprint density at radius 3 is 2.96 bits per heavy atom. The van der Waals surface area contributed by atoms with Crippen molar-refractivity contribution < 1.29 is 14.1 Å².